The van der Waals surface area contributed by atoms with Crippen LogP contribution in [0.15, 0.2) is 36.7 Å². The van der Waals surface area contributed by atoms with E-state index in [0.717, 1.165) is 12.8 Å². The molecule has 2 N–H and O–H groups in total. The molecule has 1 amide bonds. The van der Waals surface area contributed by atoms with Gasteiger partial charge in [-0.3, -0.25) is 9.48 Å². The maximum Gasteiger partial charge on any atom is 0.244 e. The highest BCUT2D eigenvalue weighted by molar-refractivity contribution is 5.76. The predicted octanol–water partition coefficient (Wildman–Crippen LogP) is 1.80. The SMILES string of the molecule is Nc1cnn(CC(=O)N(Cc2ccccc2F)C2CC2)c1. The Bertz CT molecular complexity index is 651. The summed E-state index contributed by atoms with van der Waals surface area (Å²) in [5.74, 6) is -0.344. The fourth-order valence-electron chi connectivity index (χ4n) is 2.31. The van der Waals surface area contributed by atoms with Crippen LogP contribution in [0.5, 0.6) is 0 Å². The van der Waals surface area contributed by atoms with Gasteiger partial charge in [0.15, 0.2) is 0 Å². The molecule has 0 atom stereocenters. The first kappa shape index (κ1) is 13.6. The van der Waals surface area contributed by atoms with Crippen LogP contribution in [-0.4, -0.2) is 26.6 Å². The summed E-state index contributed by atoms with van der Waals surface area (Å²) in [5.41, 5.74) is 6.65. The van der Waals surface area contributed by atoms with Crippen LogP contribution in [0.2, 0.25) is 0 Å². The topological polar surface area (TPSA) is 64.1 Å². The molecule has 1 saturated carbocycles. The molecule has 0 unspecified atom stereocenters. The molecule has 1 aliphatic carbocycles. The summed E-state index contributed by atoms with van der Waals surface area (Å²) in [4.78, 5) is 14.2. The van der Waals surface area contributed by atoms with Crippen LogP contribution < -0.4 is 5.73 Å². The zero-order valence-corrected chi connectivity index (χ0v) is 11.6. The number of nitrogen functional groups attached to an aromatic ring is 1. The molecule has 1 aliphatic rings. The molecule has 1 aromatic heterocycles. The predicted molar refractivity (Wildman–Crippen MR) is 76.6 cm³/mol. The van der Waals surface area contributed by atoms with Crippen LogP contribution in [0.25, 0.3) is 0 Å². The Morgan fingerprint density at radius 3 is 2.81 bits per heavy atom. The van der Waals surface area contributed by atoms with Gasteiger partial charge in [-0.15, -0.1) is 0 Å². The van der Waals surface area contributed by atoms with Crippen LogP contribution >= 0.6 is 0 Å². The highest BCUT2D eigenvalue weighted by atomic mass is 19.1. The summed E-state index contributed by atoms with van der Waals surface area (Å²) < 4.78 is 15.3. The molecular formula is C15H17FN4O. The van der Waals surface area contributed by atoms with Crippen molar-refractivity contribution >= 4 is 11.6 Å². The fraction of sp³-hybridized carbons (Fsp3) is 0.333. The first-order valence-corrected chi connectivity index (χ1v) is 6.94. The standard InChI is InChI=1S/C15H17FN4O/c16-14-4-2-1-3-11(14)8-20(13-5-6-13)15(21)10-19-9-12(17)7-18-19/h1-4,7,9,13H,5-6,8,10,17H2. The van der Waals surface area contributed by atoms with E-state index in [1.165, 1.54) is 16.9 Å². The van der Waals surface area contributed by atoms with E-state index in [0.29, 0.717) is 17.8 Å². The summed E-state index contributed by atoms with van der Waals surface area (Å²) in [6, 6.07) is 6.77. The monoisotopic (exact) mass is 288 g/mol. The van der Waals surface area contributed by atoms with Gasteiger partial charge in [-0.05, 0) is 18.9 Å². The van der Waals surface area contributed by atoms with Crippen LogP contribution in [-0.2, 0) is 17.9 Å². The molecule has 0 spiro atoms. The van der Waals surface area contributed by atoms with Gasteiger partial charge in [-0.2, -0.15) is 5.10 Å². The largest absolute Gasteiger partial charge is 0.396 e. The zero-order valence-electron chi connectivity index (χ0n) is 11.6. The Labute approximate surface area is 122 Å². The van der Waals surface area contributed by atoms with E-state index in [4.69, 9.17) is 5.73 Å². The molecule has 0 bridgehead atoms. The normalized spacial score (nSPS) is 14.1. The van der Waals surface area contributed by atoms with E-state index < -0.39 is 0 Å². The lowest BCUT2D eigenvalue weighted by atomic mass is 10.2. The Morgan fingerprint density at radius 1 is 1.43 bits per heavy atom. The van der Waals surface area contributed by atoms with Gasteiger partial charge in [0.05, 0.1) is 11.9 Å². The van der Waals surface area contributed by atoms with Crippen molar-refractivity contribution in [2.24, 2.45) is 0 Å². The number of aromatic nitrogens is 2. The number of benzene rings is 1. The molecule has 1 aromatic carbocycles. The van der Waals surface area contributed by atoms with E-state index >= 15 is 0 Å². The number of hydrogen-bond donors (Lipinski definition) is 1. The van der Waals surface area contributed by atoms with Crippen LogP contribution in [0.4, 0.5) is 10.1 Å². The quantitative estimate of drug-likeness (QED) is 0.912. The number of rotatable bonds is 5. The highest BCUT2D eigenvalue weighted by Crippen LogP contribution is 2.29. The van der Waals surface area contributed by atoms with E-state index in [2.05, 4.69) is 5.10 Å². The molecule has 2 aromatic rings. The minimum Gasteiger partial charge on any atom is -0.396 e. The van der Waals surface area contributed by atoms with Gasteiger partial charge < -0.3 is 10.6 Å². The lowest BCUT2D eigenvalue weighted by Crippen LogP contribution is -2.35. The van der Waals surface area contributed by atoms with Gasteiger partial charge in [0, 0.05) is 24.3 Å². The second-order valence-corrected chi connectivity index (χ2v) is 5.32. The average Bonchev–Trinajstić information content (AvgIpc) is 3.21. The summed E-state index contributed by atoms with van der Waals surface area (Å²) >= 11 is 0. The van der Waals surface area contributed by atoms with Gasteiger partial charge in [-0.25, -0.2) is 4.39 Å². The number of anilines is 1. The van der Waals surface area contributed by atoms with Gasteiger partial charge in [0.2, 0.25) is 5.91 Å². The Hall–Kier alpha value is -2.37. The molecule has 1 fully saturated rings. The van der Waals surface area contributed by atoms with Crippen molar-refractivity contribution < 1.29 is 9.18 Å². The summed E-state index contributed by atoms with van der Waals surface area (Å²) in [7, 11) is 0. The number of nitrogens with two attached hydrogens (primary N) is 1. The first-order chi connectivity index (χ1) is 10.1. The molecule has 5 nitrogen and oxygen atoms in total. The zero-order chi connectivity index (χ0) is 14.8. The van der Waals surface area contributed by atoms with Gasteiger partial charge >= 0.3 is 0 Å². The average molecular weight is 288 g/mol. The third kappa shape index (κ3) is 3.21. The molecule has 6 heteroatoms. The fourth-order valence-corrected chi connectivity index (χ4v) is 2.31. The van der Waals surface area contributed by atoms with E-state index in [-0.39, 0.29) is 24.3 Å². The molecule has 3 rings (SSSR count). The number of carbonyl (C=O) groups is 1. The highest BCUT2D eigenvalue weighted by Gasteiger charge is 2.33. The van der Waals surface area contributed by atoms with Crippen LogP contribution in [0.3, 0.4) is 0 Å². The summed E-state index contributed by atoms with van der Waals surface area (Å²) in [6.07, 6.45) is 5.07. The van der Waals surface area contributed by atoms with Crippen LogP contribution in [0, 0.1) is 5.82 Å². The lowest BCUT2D eigenvalue weighted by Gasteiger charge is -2.22. The number of halogens is 1. The molecule has 110 valence electrons. The Kier molecular flexibility index (Phi) is 3.60. The van der Waals surface area contributed by atoms with E-state index in [1.54, 1.807) is 29.3 Å². The van der Waals surface area contributed by atoms with E-state index in [9.17, 15) is 9.18 Å². The van der Waals surface area contributed by atoms with Crippen molar-refractivity contribution in [1.29, 1.82) is 0 Å². The van der Waals surface area contributed by atoms with Gasteiger partial charge in [-0.1, -0.05) is 18.2 Å². The second kappa shape index (κ2) is 5.55. The van der Waals surface area contributed by atoms with Crippen molar-refractivity contribution in [2.45, 2.75) is 32.0 Å². The molecule has 0 aliphatic heterocycles. The minimum absolute atomic E-state index is 0.0659. The number of amides is 1. The molecule has 0 saturated heterocycles. The second-order valence-electron chi connectivity index (χ2n) is 5.32. The van der Waals surface area contributed by atoms with Crippen LogP contribution in [0.1, 0.15) is 18.4 Å². The molecular weight excluding hydrogens is 271 g/mol. The minimum atomic E-state index is -0.278. The number of nitrogens with zero attached hydrogens (tertiary/aromatic N) is 3. The third-order valence-electron chi connectivity index (χ3n) is 3.56. The van der Waals surface area contributed by atoms with Crippen molar-refractivity contribution in [3.05, 3.63) is 48.0 Å². The van der Waals surface area contributed by atoms with E-state index in [1.807, 2.05) is 0 Å². The van der Waals surface area contributed by atoms with Crippen molar-refractivity contribution in [3.8, 4) is 0 Å². The number of carbonyl (C=O) groups excluding carboxylic acids is 1. The maximum absolute atomic E-state index is 13.8. The summed E-state index contributed by atoms with van der Waals surface area (Å²) in [5, 5.41) is 4.01. The van der Waals surface area contributed by atoms with Crippen molar-refractivity contribution in [3.63, 3.8) is 0 Å². The molecule has 21 heavy (non-hydrogen) atoms. The molecule has 1 heterocycles. The van der Waals surface area contributed by atoms with Crippen molar-refractivity contribution in [1.82, 2.24) is 14.7 Å². The smallest absolute Gasteiger partial charge is 0.244 e. The number of hydrogen-bond acceptors (Lipinski definition) is 3. The molecule has 0 radical (unpaired) electrons. The lowest BCUT2D eigenvalue weighted by molar-refractivity contribution is -0.133. The maximum atomic E-state index is 13.8. The summed E-state index contributed by atoms with van der Waals surface area (Å²) in [6.45, 7) is 0.426. The Balaban J connectivity index is 1.72. The van der Waals surface area contributed by atoms with Crippen molar-refractivity contribution in [2.75, 3.05) is 5.73 Å². The van der Waals surface area contributed by atoms with Gasteiger partial charge in [0.1, 0.15) is 12.4 Å². The first-order valence-electron chi connectivity index (χ1n) is 6.94. The Morgan fingerprint density at radius 2 is 2.19 bits per heavy atom. The third-order valence-corrected chi connectivity index (χ3v) is 3.56. The van der Waals surface area contributed by atoms with Gasteiger partial charge in [0.25, 0.3) is 0 Å².